The Bertz CT molecular complexity index is 150. The van der Waals surface area contributed by atoms with Crippen LogP contribution in [-0.4, -0.2) is 49.4 Å². The number of hydrogen-bond donors (Lipinski definition) is 0. The average Bonchev–Trinajstić information content (AvgIpc) is 2.17. The second kappa shape index (κ2) is 5.97. The summed E-state index contributed by atoms with van der Waals surface area (Å²) in [4.78, 5) is 2.53. The van der Waals surface area contributed by atoms with Crippen molar-refractivity contribution in [3.8, 4) is 0 Å². The predicted octanol–water partition coefficient (Wildman–Crippen LogP) is 1.41. The minimum absolute atomic E-state index is 1.05. The molecule has 0 aromatic rings. The predicted molar refractivity (Wildman–Crippen MR) is 57.1 cm³/mol. The monoisotopic (exact) mass is 183 g/mol. The largest absolute Gasteiger partial charge is 0.302 e. The molecule has 1 aliphatic rings. The van der Waals surface area contributed by atoms with Crippen molar-refractivity contribution in [3.63, 3.8) is 0 Å². The summed E-state index contributed by atoms with van der Waals surface area (Å²) in [5.74, 6) is 0. The molecule has 3 nitrogen and oxygen atoms in total. The number of nitrogens with zero attached hydrogens (tertiary/aromatic N) is 3. The molecule has 1 aliphatic heterocycles. The summed E-state index contributed by atoms with van der Waals surface area (Å²) >= 11 is 0. The van der Waals surface area contributed by atoms with Crippen LogP contribution >= 0.6 is 0 Å². The lowest BCUT2D eigenvalue weighted by Crippen LogP contribution is -2.35. The Labute approximate surface area is 81.4 Å². The van der Waals surface area contributed by atoms with Gasteiger partial charge in [0.1, 0.15) is 0 Å². The zero-order valence-corrected chi connectivity index (χ0v) is 8.87. The number of hydrogen-bond acceptors (Lipinski definition) is 3. The second-order valence-electron chi connectivity index (χ2n) is 3.66. The molecule has 0 aromatic heterocycles. The number of hydrazone groups is 1. The van der Waals surface area contributed by atoms with Gasteiger partial charge in [0, 0.05) is 26.4 Å². The molecule has 0 unspecified atom stereocenters. The number of likely N-dealkylation sites (N-methyl/N-ethyl adjacent to an activating group) is 1. The van der Waals surface area contributed by atoms with Crippen molar-refractivity contribution in [2.75, 3.05) is 33.2 Å². The van der Waals surface area contributed by atoms with E-state index in [1.807, 2.05) is 25.2 Å². The highest BCUT2D eigenvalue weighted by atomic mass is 15.4. The van der Waals surface area contributed by atoms with E-state index in [2.05, 4.69) is 10.0 Å². The summed E-state index contributed by atoms with van der Waals surface area (Å²) in [6.45, 7) is 6.73. The van der Waals surface area contributed by atoms with Gasteiger partial charge in [-0.15, -0.1) is 0 Å². The highest BCUT2D eigenvalue weighted by molar-refractivity contribution is 5.52. The third-order valence-electron chi connectivity index (χ3n) is 2.50. The lowest BCUT2D eigenvalue weighted by Gasteiger charge is -2.27. The molecule has 1 saturated heterocycles. The van der Waals surface area contributed by atoms with Gasteiger partial charge < -0.3 is 4.90 Å². The molecule has 0 N–H and O–H groups in total. The fourth-order valence-electron chi connectivity index (χ4n) is 1.72. The molecule has 0 saturated carbocycles. The van der Waals surface area contributed by atoms with Gasteiger partial charge in [-0.3, -0.25) is 5.01 Å². The molecule has 0 amide bonds. The standard InChI is InChI=1S/C10H21N3/c1-3-11-12(2)9-10-13-7-5-4-6-8-13/h3H,4-10H2,1-2H3/b11-3+. The summed E-state index contributed by atoms with van der Waals surface area (Å²) in [7, 11) is 2.03. The van der Waals surface area contributed by atoms with Gasteiger partial charge in [-0.2, -0.15) is 5.10 Å². The number of likely N-dealkylation sites (tertiary alicyclic amines) is 1. The van der Waals surface area contributed by atoms with Crippen LogP contribution in [0.2, 0.25) is 0 Å². The summed E-state index contributed by atoms with van der Waals surface area (Å²) in [5, 5.41) is 6.20. The van der Waals surface area contributed by atoms with Gasteiger partial charge in [0.2, 0.25) is 0 Å². The zero-order valence-electron chi connectivity index (χ0n) is 8.87. The maximum absolute atomic E-state index is 4.19. The lowest BCUT2D eigenvalue weighted by atomic mass is 10.1. The molecule has 1 rings (SSSR count). The van der Waals surface area contributed by atoms with Crippen LogP contribution in [-0.2, 0) is 0 Å². The summed E-state index contributed by atoms with van der Waals surface area (Å²) in [5.41, 5.74) is 0. The quantitative estimate of drug-likeness (QED) is 0.485. The third kappa shape index (κ3) is 4.27. The van der Waals surface area contributed by atoms with Crippen LogP contribution in [0, 0.1) is 0 Å². The highest BCUT2D eigenvalue weighted by Gasteiger charge is 2.09. The van der Waals surface area contributed by atoms with E-state index in [1.54, 1.807) is 0 Å². The van der Waals surface area contributed by atoms with Gasteiger partial charge in [0.05, 0.1) is 0 Å². The highest BCUT2D eigenvalue weighted by Crippen LogP contribution is 2.07. The molecule has 0 atom stereocenters. The van der Waals surface area contributed by atoms with E-state index in [1.165, 1.54) is 32.4 Å². The fraction of sp³-hybridized carbons (Fsp3) is 0.900. The minimum Gasteiger partial charge on any atom is -0.302 e. The fourth-order valence-corrected chi connectivity index (χ4v) is 1.72. The smallest absolute Gasteiger partial charge is 0.0484 e. The van der Waals surface area contributed by atoms with Crippen LogP contribution in [0.4, 0.5) is 0 Å². The van der Waals surface area contributed by atoms with Gasteiger partial charge in [-0.1, -0.05) is 6.42 Å². The first-order valence-electron chi connectivity index (χ1n) is 5.25. The van der Waals surface area contributed by atoms with E-state index in [9.17, 15) is 0 Å². The van der Waals surface area contributed by atoms with Crippen molar-refractivity contribution in [2.24, 2.45) is 5.10 Å². The molecule has 0 aromatic carbocycles. The van der Waals surface area contributed by atoms with Crippen LogP contribution in [0.1, 0.15) is 26.2 Å². The van der Waals surface area contributed by atoms with Crippen LogP contribution in [0.3, 0.4) is 0 Å². The molecular formula is C10H21N3. The Balaban J connectivity index is 2.09. The molecule has 0 aliphatic carbocycles. The van der Waals surface area contributed by atoms with E-state index < -0.39 is 0 Å². The zero-order chi connectivity index (χ0) is 9.52. The molecule has 76 valence electrons. The van der Waals surface area contributed by atoms with E-state index in [-0.39, 0.29) is 0 Å². The summed E-state index contributed by atoms with van der Waals surface area (Å²) in [6.07, 6.45) is 6.01. The van der Waals surface area contributed by atoms with Crippen LogP contribution in [0.15, 0.2) is 5.10 Å². The summed E-state index contributed by atoms with van der Waals surface area (Å²) < 4.78 is 0. The SMILES string of the molecule is C/C=N/N(C)CCN1CCCCC1. The van der Waals surface area contributed by atoms with E-state index in [0.717, 1.165) is 13.1 Å². The molecular weight excluding hydrogens is 162 g/mol. The Morgan fingerprint density at radius 2 is 2.00 bits per heavy atom. The lowest BCUT2D eigenvalue weighted by molar-refractivity contribution is 0.199. The maximum Gasteiger partial charge on any atom is 0.0484 e. The molecule has 3 heteroatoms. The van der Waals surface area contributed by atoms with E-state index in [0.29, 0.717) is 0 Å². The van der Waals surface area contributed by atoms with Crippen LogP contribution in [0.25, 0.3) is 0 Å². The van der Waals surface area contributed by atoms with Crippen LogP contribution in [0.5, 0.6) is 0 Å². The van der Waals surface area contributed by atoms with E-state index in [4.69, 9.17) is 0 Å². The van der Waals surface area contributed by atoms with Crippen molar-refractivity contribution < 1.29 is 0 Å². The van der Waals surface area contributed by atoms with Gasteiger partial charge in [-0.25, -0.2) is 0 Å². The molecule has 1 fully saturated rings. The first kappa shape index (κ1) is 10.5. The first-order chi connectivity index (χ1) is 6.33. The van der Waals surface area contributed by atoms with E-state index >= 15 is 0 Å². The van der Waals surface area contributed by atoms with Gasteiger partial charge in [-0.05, 0) is 32.9 Å². The normalized spacial score (nSPS) is 19.5. The summed E-state index contributed by atoms with van der Waals surface area (Å²) in [6, 6.07) is 0. The van der Waals surface area contributed by atoms with Crippen molar-refractivity contribution in [3.05, 3.63) is 0 Å². The minimum atomic E-state index is 1.05. The van der Waals surface area contributed by atoms with Crippen LogP contribution < -0.4 is 0 Å². The Kier molecular flexibility index (Phi) is 4.83. The Hall–Kier alpha value is -0.570. The molecule has 0 spiro atoms. The average molecular weight is 183 g/mol. The molecule has 0 bridgehead atoms. The molecule has 0 radical (unpaired) electrons. The molecule has 13 heavy (non-hydrogen) atoms. The topological polar surface area (TPSA) is 18.8 Å². The van der Waals surface area contributed by atoms with Crippen molar-refractivity contribution >= 4 is 6.21 Å². The maximum atomic E-state index is 4.19. The van der Waals surface area contributed by atoms with Crippen molar-refractivity contribution in [1.29, 1.82) is 0 Å². The number of rotatable bonds is 4. The van der Waals surface area contributed by atoms with Gasteiger partial charge >= 0.3 is 0 Å². The van der Waals surface area contributed by atoms with Gasteiger partial charge in [0.25, 0.3) is 0 Å². The molecule has 1 heterocycles. The Morgan fingerprint density at radius 1 is 1.31 bits per heavy atom. The first-order valence-corrected chi connectivity index (χ1v) is 5.25. The van der Waals surface area contributed by atoms with Gasteiger partial charge in [0.15, 0.2) is 0 Å². The third-order valence-corrected chi connectivity index (χ3v) is 2.50. The second-order valence-corrected chi connectivity index (χ2v) is 3.66. The van der Waals surface area contributed by atoms with Crippen molar-refractivity contribution in [2.45, 2.75) is 26.2 Å². The van der Waals surface area contributed by atoms with Crippen molar-refractivity contribution in [1.82, 2.24) is 9.91 Å². The Morgan fingerprint density at radius 3 is 2.62 bits per heavy atom. The number of piperidine rings is 1.